The second-order valence-corrected chi connectivity index (χ2v) is 6.05. The first kappa shape index (κ1) is 17.5. The zero-order valence-electron chi connectivity index (χ0n) is 13.8. The van der Waals surface area contributed by atoms with E-state index in [2.05, 4.69) is 19.2 Å². The maximum absolute atomic E-state index is 12.0. The van der Waals surface area contributed by atoms with Gasteiger partial charge in [0, 0.05) is 18.2 Å². The summed E-state index contributed by atoms with van der Waals surface area (Å²) in [5.74, 6) is 0.416. The Balaban J connectivity index is 2.13. The van der Waals surface area contributed by atoms with Crippen molar-refractivity contribution >= 4 is 17.3 Å². The van der Waals surface area contributed by atoms with Crippen LogP contribution in [0.25, 0.3) is 11.1 Å². The number of nitrogens with one attached hydrogen (secondary N) is 1. The van der Waals surface area contributed by atoms with Crippen LogP contribution in [0.15, 0.2) is 42.5 Å². The lowest BCUT2D eigenvalue weighted by atomic mass is 10.0. The lowest BCUT2D eigenvalue weighted by Crippen LogP contribution is -2.25. The molecule has 0 spiro atoms. The molecule has 0 radical (unpaired) electrons. The standard InChI is InChI=1S/C18H21N3O3/c1-12(2)9-10-20-18(22)14-5-3-13(4-6-14)15-7-8-16(19)17(11-15)21(23)24/h3-8,11-12H,9-10,19H2,1-2H3,(H,20,22). The molecule has 6 heteroatoms. The molecule has 6 nitrogen and oxygen atoms in total. The molecule has 0 aliphatic rings. The first-order chi connectivity index (χ1) is 11.4. The number of hydrogen-bond donors (Lipinski definition) is 2. The highest BCUT2D eigenvalue weighted by Crippen LogP contribution is 2.28. The van der Waals surface area contributed by atoms with Crippen LogP contribution in [-0.2, 0) is 0 Å². The predicted molar refractivity (Wildman–Crippen MR) is 94.7 cm³/mol. The van der Waals surface area contributed by atoms with E-state index < -0.39 is 4.92 Å². The van der Waals surface area contributed by atoms with Gasteiger partial charge in [-0.05, 0) is 41.7 Å². The number of benzene rings is 2. The highest BCUT2D eigenvalue weighted by Gasteiger charge is 2.13. The first-order valence-corrected chi connectivity index (χ1v) is 7.81. The third-order valence-corrected chi connectivity index (χ3v) is 3.71. The van der Waals surface area contributed by atoms with Crippen LogP contribution in [0.1, 0.15) is 30.6 Å². The molecule has 2 rings (SSSR count). The van der Waals surface area contributed by atoms with E-state index >= 15 is 0 Å². The summed E-state index contributed by atoms with van der Waals surface area (Å²) in [7, 11) is 0. The van der Waals surface area contributed by atoms with Crippen LogP contribution < -0.4 is 11.1 Å². The number of nitrogen functional groups attached to an aromatic ring is 1. The molecular weight excluding hydrogens is 306 g/mol. The van der Waals surface area contributed by atoms with Gasteiger partial charge < -0.3 is 11.1 Å². The van der Waals surface area contributed by atoms with E-state index in [1.807, 2.05) is 0 Å². The second-order valence-electron chi connectivity index (χ2n) is 6.05. The van der Waals surface area contributed by atoms with Gasteiger partial charge in [-0.3, -0.25) is 14.9 Å². The van der Waals surface area contributed by atoms with Gasteiger partial charge in [0.2, 0.25) is 0 Å². The zero-order valence-corrected chi connectivity index (χ0v) is 13.8. The summed E-state index contributed by atoms with van der Waals surface area (Å²) in [5, 5.41) is 13.8. The summed E-state index contributed by atoms with van der Waals surface area (Å²) in [4.78, 5) is 22.5. The number of nitro groups is 1. The number of amides is 1. The Labute approximate surface area is 140 Å². The Hall–Kier alpha value is -2.89. The number of carbonyl (C=O) groups is 1. The average molecular weight is 327 g/mol. The molecule has 1 amide bonds. The molecule has 0 aromatic heterocycles. The summed E-state index contributed by atoms with van der Waals surface area (Å²) in [6.07, 6.45) is 0.929. The fourth-order valence-corrected chi connectivity index (χ4v) is 2.27. The maximum atomic E-state index is 12.0. The van der Waals surface area contributed by atoms with Crippen LogP contribution in [0, 0.1) is 16.0 Å². The maximum Gasteiger partial charge on any atom is 0.292 e. The molecule has 0 aliphatic carbocycles. The minimum Gasteiger partial charge on any atom is -0.393 e. The highest BCUT2D eigenvalue weighted by molar-refractivity contribution is 5.94. The van der Waals surface area contributed by atoms with Gasteiger partial charge in [-0.15, -0.1) is 0 Å². The Kier molecular flexibility index (Phi) is 5.52. The summed E-state index contributed by atoms with van der Waals surface area (Å²) >= 11 is 0. The number of hydrogen-bond acceptors (Lipinski definition) is 4. The van der Waals surface area contributed by atoms with Crippen molar-refractivity contribution in [2.45, 2.75) is 20.3 Å². The summed E-state index contributed by atoms with van der Waals surface area (Å²) in [6, 6.07) is 11.6. The zero-order chi connectivity index (χ0) is 17.7. The molecule has 0 atom stereocenters. The van der Waals surface area contributed by atoms with Crippen molar-refractivity contribution < 1.29 is 9.72 Å². The molecule has 24 heavy (non-hydrogen) atoms. The van der Waals surface area contributed by atoms with Gasteiger partial charge in [0.25, 0.3) is 11.6 Å². The van der Waals surface area contributed by atoms with Crippen molar-refractivity contribution in [3.63, 3.8) is 0 Å². The minimum atomic E-state index is -0.505. The van der Waals surface area contributed by atoms with Gasteiger partial charge in [-0.2, -0.15) is 0 Å². The normalized spacial score (nSPS) is 10.6. The smallest absolute Gasteiger partial charge is 0.292 e. The van der Waals surface area contributed by atoms with Gasteiger partial charge in [0.1, 0.15) is 5.69 Å². The Bertz CT molecular complexity index is 740. The molecule has 2 aromatic carbocycles. The number of nitrogens with zero attached hydrogens (tertiary/aromatic N) is 1. The van der Waals surface area contributed by atoms with E-state index in [1.165, 1.54) is 12.1 Å². The summed E-state index contributed by atoms with van der Waals surface area (Å²) in [5.41, 5.74) is 7.65. The Morgan fingerprint density at radius 3 is 2.38 bits per heavy atom. The summed E-state index contributed by atoms with van der Waals surface area (Å²) < 4.78 is 0. The van der Waals surface area contributed by atoms with Crippen LogP contribution in [0.2, 0.25) is 0 Å². The Morgan fingerprint density at radius 2 is 1.79 bits per heavy atom. The van der Waals surface area contributed by atoms with Gasteiger partial charge in [0.05, 0.1) is 4.92 Å². The van der Waals surface area contributed by atoms with Gasteiger partial charge in [-0.25, -0.2) is 0 Å². The van der Waals surface area contributed by atoms with Crippen LogP contribution in [0.4, 0.5) is 11.4 Å². The molecule has 0 saturated heterocycles. The molecule has 0 fully saturated rings. The monoisotopic (exact) mass is 327 g/mol. The van der Waals surface area contributed by atoms with Crippen LogP contribution in [0.5, 0.6) is 0 Å². The van der Waals surface area contributed by atoms with E-state index in [1.54, 1.807) is 30.3 Å². The van der Waals surface area contributed by atoms with E-state index in [-0.39, 0.29) is 17.3 Å². The number of nitro benzene ring substituents is 1. The molecule has 0 unspecified atom stereocenters. The van der Waals surface area contributed by atoms with Gasteiger partial charge in [0.15, 0.2) is 0 Å². The van der Waals surface area contributed by atoms with Crippen molar-refractivity contribution in [3.05, 3.63) is 58.1 Å². The molecule has 0 saturated carbocycles. The van der Waals surface area contributed by atoms with E-state index in [4.69, 9.17) is 5.73 Å². The SMILES string of the molecule is CC(C)CCNC(=O)c1ccc(-c2ccc(N)c([N+](=O)[O-])c2)cc1. The van der Waals surface area contributed by atoms with Gasteiger partial charge in [-0.1, -0.05) is 32.0 Å². The third kappa shape index (κ3) is 4.32. The lowest BCUT2D eigenvalue weighted by Gasteiger charge is -2.08. The Morgan fingerprint density at radius 1 is 1.17 bits per heavy atom. The molecule has 0 heterocycles. The van der Waals surface area contributed by atoms with Crippen molar-refractivity contribution in [3.8, 4) is 11.1 Å². The quantitative estimate of drug-likeness (QED) is 0.481. The molecule has 2 aromatic rings. The number of carbonyl (C=O) groups excluding carboxylic acids is 1. The molecule has 3 N–H and O–H groups in total. The highest BCUT2D eigenvalue weighted by atomic mass is 16.6. The number of anilines is 1. The van der Waals surface area contributed by atoms with Crippen molar-refractivity contribution in [2.75, 3.05) is 12.3 Å². The summed E-state index contributed by atoms with van der Waals surface area (Å²) in [6.45, 7) is 4.85. The molecule has 0 bridgehead atoms. The largest absolute Gasteiger partial charge is 0.393 e. The fraction of sp³-hybridized carbons (Fsp3) is 0.278. The predicted octanol–water partition coefficient (Wildman–Crippen LogP) is 3.62. The van der Waals surface area contributed by atoms with E-state index in [9.17, 15) is 14.9 Å². The lowest BCUT2D eigenvalue weighted by molar-refractivity contribution is -0.383. The first-order valence-electron chi connectivity index (χ1n) is 7.81. The van der Waals surface area contributed by atoms with E-state index in [0.29, 0.717) is 23.6 Å². The van der Waals surface area contributed by atoms with Crippen LogP contribution in [-0.4, -0.2) is 17.4 Å². The molecule has 0 aliphatic heterocycles. The minimum absolute atomic E-state index is 0.120. The van der Waals surface area contributed by atoms with Crippen LogP contribution in [0.3, 0.4) is 0 Å². The van der Waals surface area contributed by atoms with Crippen molar-refractivity contribution in [1.29, 1.82) is 0 Å². The van der Waals surface area contributed by atoms with Crippen molar-refractivity contribution in [2.24, 2.45) is 5.92 Å². The number of rotatable bonds is 6. The molecular formula is C18H21N3O3. The van der Waals surface area contributed by atoms with Gasteiger partial charge >= 0.3 is 0 Å². The van der Waals surface area contributed by atoms with Crippen molar-refractivity contribution in [1.82, 2.24) is 5.32 Å². The number of nitrogens with two attached hydrogens (primary N) is 1. The third-order valence-electron chi connectivity index (χ3n) is 3.71. The topological polar surface area (TPSA) is 98.3 Å². The van der Waals surface area contributed by atoms with E-state index in [0.717, 1.165) is 12.0 Å². The second kappa shape index (κ2) is 7.59. The fourth-order valence-electron chi connectivity index (χ4n) is 2.27. The average Bonchev–Trinajstić information content (AvgIpc) is 2.54. The van der Waals surface area contributed by atoms with Crippen LogP contribution >= 0.6 is 0 Å². The molecule has 126 valence electrons.